The molecule has 0 radical (unpaired) electrons. The van der Waals surface area contributed by atoms with Crippen molar-refractivity contribution in [1.29, 1.82) is 0 Å². The molecule has 1 aliphatic rings. The summed E-state index contributed by atoms with van der Waals surface area (Å²) in [7, 11) is 0. The fourth-order valence-corrected chi connectivity index (χ4v) is 3.29. The molecule has 6 nitrogen and oxygen atoms in total. The Bertz CT molecular complexity index is 943. The minimum atomic E-state index is 0.370. The summed E-state index contributed by atoms with van der Waals surface area (Å²) in [6, 6.07) is 6.45. The van der Waals surface area contributed by atoms with E-state index in [4.69, 9.17) is 17.3 Å². The Balaban J connectivity index is 1.56. The third-order valence-electron chi connectivity index (χ3n) is 4.70. The number of benzene rings is 1. The Hall–Kier alpha value is -2.41. The van der Waals surface area contributed by atoms with Crippen LogP contribution in [0.1, 0.15) is 17.8 Å². The summed E-state index contributed by atoms with van der Waals surface area (Å²) in [6.45, 7) is 6.23. The van der Waals surface area contributed by atoms with Gasteiger partial charge in [0.1, 0.15) is 0 Å². The monoisotopic (exact) mass is 368 g/mol. The summed E-state index contributed by atoms with van der Waals surface area (Å²) in [5, 5.41) is 8.43. The molecule has 3 aromatic rings. The van der Waals surface area contributed by atoms with E-state index in [9.17, 15) is 0 Å². The number of nitrogens with one attached hydrogen (secondary N) is 3. The van der Waals surface area contributed by atoms with Crippen molar-refractivity contribution in [2.75, 3.05) is 6.54 Å². The zero-order chi connectivity index (χ0) is 18.1. The summed E-state index contributed by atoms with van der Waals surface area (Å²) >= 11 is 6.47. The van der Waals surface area contributed by atoms with E-state index in [1.54, 1.807) is 12.4 Å². The molecule has 1 fully saturated rings. The predicted molar refractivity (Wildman–Crippen MR) is 105 cm³/mol. The van der Waals surface area contributed by atoms with Crippen molar-refractivity contribution in [3.05, 3.63) is 59.3 Å². The lowest BCUT2D eigenvalue weighted by Gasteiger charge is -2.29. The average Bonchev–Trinajstić information content (AvgIpc) is 2.99. The molecule has 1 saturated heterocycles. The van der Waals surface area contributed by atoms with Crippen LogP contribution in [0.15, 0.2) is 42.9 Å². The van der Waals surface area contributed by atoms with Crippen LogP contribution < -0.4 is 16.4 Å². The Morgan fingerprint density at radius 2 is 2.15 bits per heavy atom. The van der Waals surface area contributed by atoms with E-state index in [0.29, 0.717) is 24.2 Å². The highest BCUT2D eigenvalue weighted by atomic mass is 35.5. The zero-order valence-electron chi connectivity index (χ0n) is 14.3. The lowest BCUT2D eigenvalue weighted by molar-refractivity contribution is 0.399. The Morgan fingerprint density at radius 1 is 1.31 bits per heavy atom. The van der Waals surface area contributed by atoms with Gasteiger partial charge in [0.15, 0.2) is 0 Å². The highest BCUT2D eigenvalue weighted by Gasteiger charge is 2.19. The Kier molecular flexibility index (Phi) is 4.63. The standard InChI is InChI=1S/C19H21ClN6/c1-11(17-2-3-22-17)23-8-13-4-12-5-16(20)15(6-18(12)26-13)19-10-24-14(7-21)9-25-19/h4-6,9-10,17,22-23,26H,1-3,7-8,21H2. The number of H-pyrrole nitrogens is 1. The van der Waals surface area contributed by atoms with Crippen LogP contribution >= 0.6 is 11.6 Å². The molecule has 5 N–H and O–H groups in total. The van der Waals surface area contributed by atoms with Crippen molar-refractivity contribution >= 4 is 22.5 Å². The topological polar surface area (TPSA) is 91.7 Å². The van der Waals surface area contributed by atoms with E-state index in [2.05, 4.69) is 38.2 Å². The van der Waals surface area contributed by atoms with E-state index in [1.165, 1.54) is 0 Å². The summed E-state index contributed by atoms with van der Waals surface area (Å²) in [4.78, 5) is 12.1. The fraction of sp³-hybridized carbons (Fsp3) is 0.263. The molecular formula is C19H21ClN6. The molecule has 26 heavy (non-hydrogen) atoms. The number of hydrogen-bond acceptors (Lipinski definition) is 5. The molecule has 134 valence electrons. The van der Waals surface area contributed by atoms with Crippen molar-refractivity contribution in [3.63, 3.8) is 0 Å². The fourth-order valence-electron chi connectivity index (χ4n) is 3.02. The summed E-state index contributed by atoms with van der Waals surface area (Å²) in [5.41, 5.74) is 11.0. The molecule has 1 aliphatic heterocycles. The van der Waals surface area contributed by atoms with Gasteiger partial charge < -0.3 is 21.4 Å². The summed E-state index contributed by atoms with van der Waals surface area (Å²) in [5.74, 6) is 0. The second-order valence-corrected chi connectivity index (χ2v) is 6.89. The van der Waals surface area contributed by atoms with E-state index < -0.39 is 0 Å². The number of nitrogens with two attached hydrogens (primary N) is 1. The second kappa shape index (κ2) is 7.07. The number of aromatic nitrogens is 3. The van der Waals surface area contributed by atoms with Crippen molar-refractivity contribution in [2.45, 2.75) is 25.6 Å². The maximum Gasteiger partial charge on any atom is 0.0901 e. The van der Waals surface area contributed by atoms with E-state index >= 15 is 0 Å². The molecular weight excluding hydrogens is 348 g/mol. The molecule has 1 unspecified atom stereocenters. The molecule has 0 spiro atoms. The number of aromatic amines is 1. The van der Waals surface area contributed by atoms with Crippen molar-refractivity contribution in [3.8, 4) is 11.3 Å². The van der Waals surface area contributed by atoms with Gasteiger partial charge in [0.2, 0.25) is 0 Å². The minimum absolute atomic E-state index is 0.370. The van der Waals surface area contributed by atoms with E-state index in [0.717, 1.165) is 52.2 Å². The molecule has 0 saturated carbocycles. The molecule has 0 bridgehead atoms. The lowest BCUT2D eigenvalue weighted by Crippen LogP contribution is -2.47. The second-order valence-electron chi connectivity index (χ2n) is 6.49. The van der Waals surface area contributed by atoms with Gasteiger partial charge in [-0.25, -0.2) is 0 Å². The van der Waals surface area contributed by atoms with Crippen LogP contribution in [-0.2, 0) is 13.1 Å². The number of hydrogen-bond donors (Lipinski definition) is 4. The molecule has 7 heteroatoms. The van der Waals surface area contributed by atoms with Gasteiger partial charge >= 0.3 is 0 Å². The lowest BCUT2D eigenvalue weighted by atomic mass is 10.0. The van der Waals surface area contributed by atoms with Gasteiger partial charge in [-0.1, -0.05) is 18.2 Å². The van der Waals surface area contributed by atoms with Crippen LogP contribution in [0.3, 0.4) is 0 Å². The first-order valence-corrected chi connectivity index (χ1v) is 9.00. The number of halogens is 1. The molecule has 4 rings (SSSR count). The van der Waals surface area contributed by atoms with Crippen molar-refractivity contribution in [1.82, 2.24) is 25.6 Å². The van der Waals surface area contributed by atoms with E-state index in [1.807, 2.05) is 12.1 Å². The molecule has 1 atom stereocenters. The first-order valence-electron chi connectivity index (χ1n) is 8.62. The van der Waals surface area contributed by atoms with Gasteiger partial charge in [0.25, 0.3) is 0 Å². The smallest absolute Gasteiger partial charge is 0.0901 e. The van der Waals surface area contributed by atoms with Gasteiger partial charge in [-0.05, 0) is 31.2 Å². The average molecular weight is 369 g/mol. The van der Waals surface area contributed by atoms with Crippen molar-refractivity contribution in [2.24, 2.45) is 5.73 Å². The maximum atomic E-state index is 6.47. The highest BCUT2D eigenvalue weighted by molar-refractivity contribution is 6.34. The predicted octanol–water partition coefficient (Wildman–Crippen LogP) is 2.70. The van der Waals surface area contributed by atoms with Crippen molar-refractivity contribution < 1.29 is 0 Å². The summed E-state index contributed by atoms with van der Waals surface area (Å²) in [6.07, 6.45) is 4.53. The summed E-state index contributed by atoms with van der Waals surface area (Å²) < 4.78 is 0. The maximum absolute atomic E-state index is 6.47. The quantitative estimate of drug-likeness (QED) is 0.537. The van der Waals surface area contributed by atoms with Crippen LogP contribution in [0.25, 0.3) is 22.2 Å². The molecule has 2 aromatic heterocycles. The third kappa shape index (κ3) is 3.31. The van der Waals surface area contributed by atoms with Crippen LogP contribution in [0, 0.1) is 0 Å². The van der Waals surface area contributed by atoms with Gasteiger partial charge in [0, 0.05) is 40.4 Å². The Labute approximate surface area is 156 Å². The Morgan fingerprint density at radius 3 is 2.81 bits per heavy atom. The number of nitrogens with zero attached hydrogens (tertiary/aromatic N) is 2. The van der Waals surface area contributed by atoms with Gasteiger partial charge in [-0.15, -0.1) is 0 Å². The van der Waals surface area contributed by atoms with E-state index in [-0.39, 0.29) is 0 Å². The molecule has 1 aromatic carbocycles. The number of fused-ring (bicyclic) bond motifs is 1. The van der Waals surface area contributed by atoms with Crippen LogP contribution in [0.2, 0.25) is 5.02 Å². The van der Waals surface area contributed by atoms with Gasteiger partial charge in [-0.2, -0.15) is 0 Å². The highest BCUT2D eigenvalue weighted by Crippen LogP contribution is 2.31. The normalized spacial score (nSPS) is 16.5. The van der Waals surface area contributed by atoms with Crippen LogP contribution in [0.5, 0.6) is 0 Å². The SMILES string of the molecule is C=C(NCc1cc2cc(Cl)c(-c3cnc(CN)cn3)cc2[nH]1)C1CCN1. The molecule has 0 amide bonds. The van der Waals surface area contributed by atoms with Crippen LogP contribution in [-0.4, -0.2) is 27.5 Å². The third-order valence-corrected chi connectivity index (χ3v) is 5.02. The minimum Gasteiger partial charge on any atom is -0.382 e. The number of rotatable bonds is 6. The first-order chi connectivity index (χ1) is 12.6. The van der Waals surface area contributed by atoms with Gasteiger partial charge in [0.05, 0.1) is 35.3 Å². The molecule has 0 aliphatic carbocycles. The van der Waals surface area contributed by atoms with Crippen LogP contribution in [0.4, 0.5) is 0 Å². The largest absolute Gasteiger partial charge is 0.382 e. The zero-order valence-corrected chi connectivity index (χ0v) is 15.1. The van der Waals surface area contributed by atoms with Gasteiger partial charge in [-0.3, -0.25) is 9.97 Å². The molecule has 3 heterocycles. The first kappa shape index (κ1) is 17.0.